The van der Waals surface area contributed by atoms with Crippen molar-refractivity contribution < 1.29 is 14.3 Å². The van der Waals surface area contributed by atoms with Gasteiger partial charge in [-0.25, -0.2) is 0 Å². The lowest BCUT2D eigenvalue weighted by Gasteiger charge is -2.17. The van der Waals surface area contributed by atoms with E-state index in [0.29, 0.717) is 13.2 Å². The molecular formula is C14H19NO3S. The minimum absolute atomic E-state index is 0.00714. The van der Waals surface area contributed by atoms with Gasteiger partial charge in [-0.05, 0) is 44.7 Å². The van der Waals surface area contributed by atoms with Gasteiger partial charge in [0.1, 0.15) is 6.10 Å². The molecule has 1 aromatic rings. The van der Waals surface area contributed by atoms with Crippen LogP contribution in [0.15, 0.2) is 6.07 Å². The number of hydrogen-bond donors (Lipinski definition) is 1. The topological polar surface area (TPSA) is 47.6 Å². The Morgan fingerprint density at radius 1 is 1.53 bits per heavy atom. The van der Waals surface area contributed by atoms with Crippen LogP contribution in [-0.2, 0) is 22.3 Å². The Bertz CT molecular complexity index is 473. The van der Waals surface area contributed by atoms with Crippen molar-refractivity contribution in [1.29, 1.82) is 0 Å². The van der Waals surface area contributed by atoms with Crippen molar-refractivity contribution in [1.82, 2.24) is 5.32 Å². The van der Waals surface area contributed by atoms with Gasteiger partial charge in [-0.3, -0.25) is 4.79 Å². The number of nitrogens with one attached hydrogen (secondary N) is 1. The van der Waals surface area contributed by atoms with Crippen LogP contribution in [0.3, 0.4) is 0 Å². The normalized spacial score (nSPS) is 24.4. The van der Waals surface area contributed by atoms with E-state index in [2.05, 4.69) is 5.32 Å². The monoisotopic (exact) mass is 281 g/mol. The van der Waals surface area contributed by atoms with Crippen LogP contribution in [0.5, 0.6) is 0 Å². The van der Waals surface area contributed by atoms with E-state index in [0.717, 1.165) is 17.7 Å². The van der Waals surface area contributed by atoms with Crippen molar-refractivity contribution in [3.8, 4) is 0 Å². The molecule has 1 saturated heterocycles. The SMILES string of the molecule is CC1(C)OCC(CNC(=O)c2cc3c(s2)CCC3)O1. The predicted molar refractivity (Wildman–Crippen MR) is 73.6 cm³/mol. The quantitative estimate of drug-likeness (QED) is 0.923. The van der Waals surface area contributed by atoms with Gasteiger partial charge < -0.3 is 14.8 Å². The number of thiophene rings is 1. The van der Waals surface area contributed by atoms with E-state index in [4.69, 9.17) is 9.47 Å². The summed E-state index contributed by atoms with van der Waals surface area (Å²) in [7, 11) is 0. The molecule has 2 heterocycles. The zero-order valence-corrected chi connectivity index (χ0v) is 12.1. The van der Waals surface area contributed by atoms with Crippen LogP contribution in [0.1, 0.15) is 40.4 Å². The van der Waals surface area contributed by atoms with Gasteiger partial charge in [-0.2, -0.15) is 0 Å². The van der Waals surface area contributed by atoms with Crippen molar-refractivity contribution in [2.24, 2.45) is 0 Å². The first-order valence-electron chi connectivity index (χ1n) is 6.75. The summed E-state index contributed by atoms with van der Waals surface area (Å²) in [5.41, 5.74) is 1.36. The van der Waals surface area contributed by atoms with E-state index in [1.165, 1.54) is 16.9 Å². The molecule has 2 aliphatic rings. The lowest BCUT2D eigenvalue weighted by Crippen LogP contribution is -2.34. The van der Waals surface area contributed by atoms with Crippen LogP contribution in [0, 0.1) is 0 Å². The smallest absolute Gasteiger partial charge is 0.261 e. The summed E-state index contributed by atoms with van der Waals surface area (Å²) < 4.78 is 11.1. The molecule has 1 fully saturated rings. The molecule has 1 aromatic heterocycles. The summed E-state index contributed by atoms with van der Waals surface area (Å²) in [6.45, 7) is 4.82. The first-order chi connectivity index (χ1) is 9.03. The fourth-order valence-electron chi connectivity index (χ4n) is 2.60. The number of carbonyl (C=O) groups is 1. The third-order valence-corrected chi connectivity index (χ3v) is 4.76. The van der Waals surface area contributed by atoms with Crippen LogP contribution in [0.2, 0.25) is 0 Å². The lowest BCUT2D eigenvalue weighted by atomic mass is 10.2. The summed E-state index contributed by atoms with van der Waals surface area (Å²) in [5.74, 6) is -0.521. The van der Waals surface area contributed by atoms with Crippen LogP contribution in [-0.4, -0.2) is 30.9 Å². The zero-order chi connectivity index (χ0) is 13.5. The van der Waals surface area contributed by atoms with E-state index in [1.54, 1.807) is 11.3 Å². The number of hydrogen-bond acceptors (Lipinski definition) is 4. The van der Waals surface area contributed by atoms with Crippen LogP contribution < -0.4 is 5.32 Å². The molecule has 1 atom stereocenters. The fraction of sp³-hybridized carbons (Fsp3) is 0.643. The standard InChI is InChI=1S/C14H19NO3S/c1-14(2)17-8-10(18-14)7-15-13(16)12-6-9-4-3-5-11(9)19-12/h6,10H,3-5,7-8H2,1-2H3,(H,15,16). The molecule has 3 rings (SSSR count). The van der Waals surface area contributed by atoms with E-state index < -0.39 is 5.79 Å². The van der Waals surface area contributed by atoms with Crippen molar-refractivity contribution in [3.05, 3.63) is 21.4 Å². The highest BCUT2D eigenvalue weighted by Crippen LogP contribution is 2.30. The summed E-state index contributed by atoms with van der Waals surface area (Å²) in [4.78, 5) is 14.3. The third-order valence-electron chi connectivity index (χ3n) is 3.53. The van der Waals surface area contributed by atoms with Crippen LogP contribution >= 0.6 is 11.3 Å². The number of fused-ring (bicyclic) bond motifs is 1. The second kappa shape index (κ2) is 4.89. The van der Waals surface area contributed by atoms with E-state index in [1.807, 2.05) is 19.9 Å². The van der Waals surface area contributed by atoms with Gasteiger partial charge in [0.05, 0.1) is 11.5 Å². The molecule has 4 nitrogen and oxygen atoms in total. The lowest BCUT2D eigenvalue weighted by molar-refractivity contribution is -0.137. The first kappa shape index (κ1) is 13.1. The molecule has 1 amide bonds. The molecule has 1 aliphatic carbocycles. The Labute approximate surface area is 117 Å². The molecule has 104 valence electrons. The molecule has 0 aromatic carbocycles. The van der Waals surface area contributed by atoms with E-state index in [9.17, 15) is 4.79 Å². The highest BCUT2D eigenvalue weighted by atomic mass is 32.1. The third kappa shape index (κ3) is 2.83. The molecule has 19 heavy (non-hydrogen) atoms. The average molecular weight is 281 g/mol. The van der Waals surface area contributed by atoms with Gasteiger partial charge in [0.25, 0.3) is 5.91 Å². The van der Waals surface area contributed by atoms with Gasteiger partial charge in [0.2, 0.25) is 0 Å². The number of ether oxygens (including phenoxy) is 2. The molecule has 1 N–H and O–H groups in total. The molecule has 0 spiro atoms. The predicted octanol–water partition coefficient (Wildman–Crippen LogP) is 2.12. The highest BCUT2D eigenvalue weighted by Gasteiger charge is 2.32. The van der Waals surface area contributed by atoms with Crippen molar-refractivity contribution in [2.75, 3.05) is 13.2 Å². The maximum Gasteiger partial charge on any atom is 0.261 e. The molecule has 1 unspecified atom stereocenters. The molecule has 0 radical (unpaired) electrons. The van der Waals surface area contributed by atoms with E-state index >= 15 is 0 Å². The van der Waals surface area contributed by atoms with Crippen molar-refractivity contribution >= 4 is 17.2 Å². The first-order valence-corrected chi connectivity index (χ1v) is 7.57. The Morgan fingerprint density at radius 2 is 2.37 bits per heavy atom. The van der Waals surface area contributed by atoms with Gasteiger partial charge in [-0.15, -0.1) is 11.3 Å². The van der Waals surface area contributed by atoms with Crippen LogP contribution in [0.25, 0.3) is 0 Å². The zero-order valence-electron chi connectivity index (χ0n) is 11.3. The van der Waals surface area contributed by atoms with Gasteiger partial charge in [-0.1, -0.05) is 0 Å². The number of aryl methyl sites for hydroxylation is 2. The van der Waals surface area contributed by atoms with Crippen LogP contribution in [0.4, 0.5) is 0 Å². The Morgan fingerprint density at radius 3 is 3.05 bits per heavy atom. The maximum atomic E-state index is 12.1. The summed E-state index contributed by atoms with van der Waals surface area (Å²) in [5, 5.41) is 2.93. The number of rotatable bonds is 3. The van der Waals surface area contributed by atoms with E-state index in [-0.39, 0.29) is 12.0 Å². The summed E-state index contributed by atoms with van der Waals surface area (Å²) in [6.07, 6.45) is 3.42. The number of amides is 1. The minimum Gasteiger partial charge on any atom is -0.349 e. The summed E-state index contributed by atoms with van der Waals surface area (Å²) >= 11 is 1.63. The maximum absolute atomic E-state index is 12.1. The largest absolute Gasteiger partial charge is 0.349 e. The fourth-order valence-corrected chi connectivity index (χ4v) is 3.77. The van der Waals surface area contributed by atoms with Gasteiger partial charge >= 0.3 is 0 Å². The molecule has 0 bridgehead atoms. The van der Waals surface area contributed by atoms with Crippen molar-refractivity contribution in [3.63, 3.8) is 0 Å². The Hall–Kier alpha value is -0.910. The molecule has 0 saturated carbocycles. The average Bonchev–Trinajstić information content (AvgIpc) is 2.99. The second-order valence-corrected chi connectivity index (χ2v) is 6.71. The molecule has 5 heteroatoms. The van der Waals surface area contributed by atoms with Crippen molar-refractivity contribution in [2.45, 2.75) is 45.0 Å². The second-order valence-electron chi connectivity index (χ2n) is 5.57. The molecule has 1 aliphatic heterocycles. The number of carbonyl (C=O) groups excluding carboxylic acids is 1. The van der Waals surface area contributed by atoms with Gasteiger partial charge in [0, 0.05) is 11.4 Å². The minimum atomic E-state index is -0.528. The Balaban J connectivity index is 1.54. The Kier molecular flexibility index (Phi) is 3.37. The van der Waals surface area contributed by atoms with Gasteiger partial charge in [0.15, 0.2) is 5.79 Å². The highest BCUT2D eigenvalue weighted by molar-refractivity contribution is 7.14. The molecular weight excluding hydrogens is 262 g/mol. The summed E-state index contributed by atoms with van der Waals surface area (Å²) in [6, 6.07) is 2.04.